The van der Waals surface area contributed by atoms with Crippen molar-refractivity contribution in [3.63, 3.8) is 0 Å². The van der Waals surface area contributed by atoms with Gasteiger partial charge in [0.05, 0.1) is 23.3 Å². The molecule has 2 aromatic heterocycles. The third-order valence-electron chi connectivity index (χ3n) is 4.38. The Morgan fingerprint density at radius 2 is 2.07 bits per heavy atom. The summed E-state index contributed by atoms with van der Waals surface area (Å²) in [5.74, 6) is -0.0917. The molecule has 3 aromatic rings. The first-order valence-corrected chi connectivity index (χ1v) is 9.06. The van der Waals surface area contributed by atoms with Crippen molar-refractivity contribution >= 4 is 5.97 Å². The molecule has 8 nitrogen and oxygen atoms in total. The van der Waals surface area contributed by atoms with E-state index in [0.29, 0.717) is 18.0 Å². The third kappa shape index (κ3) is 4.05. The molecule has 0 radical (unpaired) electrons. The molecule has 0 unspecified atom stereocenters. The van der Waals surface area contributed by atoms with Gasteiger partial charge >= 0.3 is 5.97 Å². The fraction of sp³-hybridized carbons (Fsp3) is 0.421. The van der Waals surface area contributed by atoms with Crippen molar-refractivity contribution in [3.8, 4) is 5.69 Å². The van der Waals surface area contributed by atoms with Crippen LogP contribution in [0.5, 0.6) is 0 Å². The number of aromatic nitrogens is 6. The fourth-order valence-corrected chi connectivity index (χ4v) is 2.79. The quantitative estimate of drug-likeness (QED) is 0.596. The molecule has 0 saturated heterocycles. The molecule has 27 heavy (non-hydrogen) atoms. The van der Waals surface area contributed by atoms with Gasteiger partial charge in [-0.25, -0.2) is 14.2 Å². The number of carbonyl (C=O) groups is 1. The van der Waals surface area contributed by atoms with Gasteiger partial charge < -0.3 is 4.74 Å². The van der Waals surface area contributed by atoms with Gasteiger partial charge in [-0.15, -0.1) is 10.2 Å². The Hall–Kier alpha value is -3.03. The average molecular weight is 368 g/mol. The second kappa shape index (κ2) is 8.11. The van der Waals surface area contributed by atoms with E-state index in [1.165, 1.54) is 5.56 Å². The minimum Gasteiger partial charge on any atom is -0.454 e. The molecule has 2 heterocycles. The van der Waals surface area contributed by atoms with E-state index in [0.717, 1.165) is 17.8 Å². The smallest absolute Gasteiger partial charge is 0.361 e. The Bertz CT molecular complexity index is 928. The van der Waals surface area contributed by atoms with E-state index < -0.39 is 5.97 Å². The Morgan fingerprint density at radius 3 is 2.74 bits per heavy atom. The summed E-state index contributed by atoms with van der Waals surface area (Å²) in [6.07, 6.45) is 3.11. The topological polar surface area (TPSA) is 87.7 Å². The summed E-state index contributed by atoms with van der Waals surface area (Å²) in [5, 5.41) is 15.9. The molecule has 0 spiro atoms. The molecule has 0 bridgehead atoms. The maximum Gasteiger partial charge on any atom is 0.361 e. The van der Waals surface area contributed by atoms with Crippen LogP contribution in [0.25, 0.3) is 5.69 Å². The van der Waals surface area contributed by atoms with E-state index in [2.05, 4.69) is 53.5 Å². The van der Waals surface area contributed by atoms with Crippen molar-refractivity contribution in [2.45, 2.75) is 46.1 Å². The molecular formula is C19H24N6O2. The van der Waals surface area contributed by atoms with E-state index in [9.17, 15) is 4.79 Å². The number of esters is 1. The number of nitrogens with zero attached hydrogens (tertiary/aromatic N) is 6. The molecule has 0 aliphatic carbocycles. The van der Waals surface area contributed by atoms with Crippen molar-refractivity contribution in [1.82, 2.24) is 30.0 Å². The minimum atomic E-state index is -0.495. The van der Waals surface area contributed by atoms with E-state index in [-0.39, 0.29) is 12.3 Å². The number of hydrogen-bond acceptors (Lipinski definition) is 6. The second-order valence-electron chi connectivity index (χ2n) is 6.72. The first-order chi connectivity index (χ1) is 13.0. The standard InChI is InChI=1S/C19H24N6O2/c1-5-7-17-18(19(26)27-12-16-11-20-22-24(16)4)21-23-25(17)15-9-6-8-14(10-15)13(2)3/h6,8-11,13H,5,7,12H2,1-4H3. The van der Waals surface area contributed by atoms with Gasteiger partial charge in [-0.1, -0.05) is 49.8 Å². The van der Waals surface area contributed by atoms with E-state index >= 15 is 0 Å². The number of carbonyl (C=O) groups excluding carboxylic acids is 1. The zero-order chi connectivity index (χ0) is 19.4. The monoisotopic (exact) mass is 368 g/mol. The van der Waals surface area contributed by atoms with Gasteiger partial charge in [0.2, 0.25) is 0 Å². The molecular weight excluding hydrogens is 344 g/mol. The predicted molar refractivity (Wildman–Crippen MR) is 99.6 cm³/mol. The van der Waals surface area contributed by atoms with Gasteiger partial charge in [0.15, 0.2) is 5.69 Å². The van der Waals surface area contributed by atoms with Crippen molar-refractivity contribution < 1.29 is 9.53 Å². The molecule has 0 aliphatic rings. The Balaban J connectivity index is 1.87. The largest absolute Gasteiger partial charge is 0.454 e. The highest BCUT2D eigenvalue weighted by molar-refractivity contribution is 5.88. The van der Waals surface area contributed by atoms with Crippen LogP contribution in [-0.2, 0) is 24.8 Å². The summed E-state index contributed by atoms with van der Waals surface area (Å²) < 4.78 is 8.69. The van der Waals surface area contributed by atoms with E-state index in [1.807, 2.05) is 12.1 Å². The first-order valence-electron chi connectivity index (χ1n) is 9.06. The molecule has 0 saturated carbocycles. The maximum absolute atomic E-state index is 12.6. The zero-order valence-electron chi connectivity index (χ0n) is 16.1. The summed E-state index contributed by atoms with van der Waals surface area (Å²) >= 11 is 0. The van der Waals surface area contributed by atoms with Gasteiger partial charge in [-0.2, -0.15) is 0 Å². The van der Waals surface area contributed by atoms with Crippen LogP contribution in [0, 0.1) is 0 Å². The van der Waals surface area contributed by atoms with Crippen LogP contribution in [0.15, 0.2) is 30.5 Å². The minimum absolute atomic E-state index is 0.0869. The average Bonchev–Trinajstić information content (AvgIpc) is 3.26. The van der Waals surface area contributed by atoms with Crippen LogP contribution >= 0.6 is 0 Å². The SMILES string of the molecule is CCCc1c(C(=O)OCc2cnnn2C)nnn1-c1cccc(C(C)C)c1. The molecule has 0 atom stereocenters. The molecule has 3 rings (SSSR count). The van der Waals surface area contributed by atoms with Crippen molar-refractivity contribution in [3.05, 3.63) is 53.1 Å². The van der Waals surface area contributed by atoms with Crippen molar-refractivity contribution in [2.75, 3.05) is 0 Å². The molecule has 0 fully saturated rings. The molecule has 142 valence electrons. The molecule has 8 heteroatoms. The van der Waals surface area contributed by atoms with Crippen molar-refractivity contribution in [2.24, 2.45) is 7.05 Å². The summed E-state index contributed by atoms with van der Waals surface area (Å²) in [5.41, 5.74) is 3.82. The molecule has 0 aliphatic heterocycles. The lowest BCUT2D eigenvalue weighted by Gasteiger charge is -2.10. The highest BCUT2D eigenvalue weighted by Crippen LogP contribution is 2.21. The van der Waals surface area contributed by atoms with Crippen LogP contribution < -0.4 is 0 Å². The van der Waals surface area contributed by atoms with Gasteiger partial charge in [0, 0.05) is 7.05 Å². The zero-order valence-corrected chi connectivity index (χ0v) is 16.1. The van der Waals surface area contributed by atoms with Crippen LogP contribution in [0.4, 0.5) is 0 Å². The number of benzene rings is 1. The van der Waals surface area contributed by atoms with Crippen molar-refractivity contribution in [1.29, 1.82) is 0 Å². The normalized spacial score (nSPS) is 11.1. The van der Waals surface area contributed by atoms with Crippen LogP contribution in [0.2, 0.25) is 0 Å². The number of ether oxygens (including phenoxy) is 1. The summed E-state index contributed by atoms with van der Waals surface area (Å²) in [4.78, 5) is 12.6. The summed E-state index contributed by atoms with van der Waals surface area (Å²) in [6, 6.07) is 8.13. The molecule has 0 amide bonds. The van der Waals surface area contributed by atoms with E-state index in [1.54, 1.807) is 22.6 Å². The number of aryl methyl sites for hydroxylation is 1. The highest BCUT2D eigenvalue weighted by Gasteiger charge is 2.22. The van der Waals surface area contributed by atoms with Gasteiger partial charge in [-0.3, -0.25) is 0 Å². The third-order valence-corrected chi connectivity index (χ3v) is 4.38. The number of hydrogen-bond donors (Lipinski definition) is 0. The van der Waals surface area contributed by atoms with Crippen LogP contribution in [0.3, 0.4) is 0 Å². The summed E-state index contributed by atoms with van der Waals surface area (Å²) in [7, 11) is 1.75. The fourth-order valence-electron chi connectivity index (χ4n) is 2.79. The maximum atomic E-state index is 12.6. The van der Waals surface area contributed by atoms with Crippen LogP contribution in [0.1, 0.15) is 60.5 Å². The highest BCUT2D eigenvalue weighted by atomic mass is 16.5. The van der Waals surface area contributed by atoms with Gasteiger partial charge in [0.1, 0.15) is 6.61 Å². The lowest BCUT2D eigenvalue weighted by atomic mass is 10.0. The van der Waals surface area contributed by atoms with Crippen LogP contribution in [-0.4, -0.2) is 36.0 Å². The lowest BCUT2D eigenvalue weighted by molar-refractivity contribution is 0.0455. The van der Waals surface area contributed by atoms with E-state index in [4.69, 9.17) is 4.74 Å². The predicted octanol–water partition coefficient (Wildman–Crippen LogP) is 2.83. The summed E-state index contributed by atoms with van der Waals surface area (Å²) in [6.45, 7) is 6.43. The van der Waals surface area contributed by atoms with Gasteiger partial charge in [-0.05, 0) is 30.0 Å². The lowest BCUT2D eigenvalue weighted by Crippen LogP contribution is -2.12. The number of rotatable bonds is 7. The molecule has 0 N–H and O–H groups in total. The second-order valence-corrected chi connectivity index (χ2v) is 6.72. The Morgan fingerprint density at radius 1 is 1.26 bits per heavy atom. The Labute approximate surface area is 158 Å². The van der Waals surface area contributed by atoms with Gasteiger partial charge in [0.25, 0.3) is 0 Å². The molecule has 1 aromatic carbocycles. The first kappa shape index (κ1) is 18.8. The Kier molecular flexibility index (Phi) is 5.63.